The second kappa shape index (κ2) is 22.5. The first-order valence-electron chi connectivity index (χ1n) is 34.6. The van der Waals surface area contributed by atoms with Crippen molar-refractivity contribution in [3.8, 4) is 62.7 Å². The molecule has 23 rings (SSSR count). The molecule has 0 amide bonds. The first-order valence-corrected chi connectivity index (χ1v) is 35.4. The molecule has 10 nitrogen and oxygen atoms in total. The summed E-state index contributed by atoms with van der Waals surface area (Å²) in [5, 5.41) is 28.8. The Morgan fingerprint density at radius 3 is 1.42 bits per heavy atom. The van der Waals surface area contributed by atoms with E-state index in [0.29, 0.717) is 34.0 Å². The van der Waals surface area contributed by atoms with Gasteiger partial charge in [0.1, 0.15) is 45.2 Å². The van der Waals surface area contributed by atoms with Crippen LogP contribution in [0.15, 0.2) is 323 Å². The molecule has 0 saturated heterocycles. The molecule has 15 aromatic carbocycles. The van der Waals surface area contributed by atoms with Crippen LogP contribution < -0.4 is 0 Å². The molecule has 0 saturated carbocycles. The van der Waals surface area contributed by atoms with E-state index in [1.807, 2.05) is 84.9 Å². The summed E-state index contributed by atoms with van der Waals surface area (Å²) < 4.78 is 25.9. The standard InChI is InChI=1S/C48H27N3OS.C45H24N4O2/c1-2-12-29-26-41-38(25-28(29)11-1)33-13-3-6-19-39(33)51(41)40-20-10-16-31-32(40)17-9-18-36(31)48-49-45(47-46(50-48)37-15-5-8-22-44(37)53-47)30-23-24-35-34-14-4-7-21-42(34)52-43(35)27-30;46-25-30-21-29(18-20-36(30)49-37-14-6-3-11-31(37)35-22-26-9-1-2-10-27(26)23-38(35)49)45-47-42(44-43(48-45)34-13-5-8-16-40(34)51-44)28-17-19-33-32-12-4-7-15-39(32)50-41(33)24-28/h1-27H;1-24H. The van der Waals surface area contributed by atoms with E-state index in [9.17, 15) is 5.26 Å². The number of aromatic nitrogens is 6. The Labute approximate surface area is 595 Å². The average Bonchev–Trinajstić information content (AvgIpc) is 1.56. The molecule has 0 aliphatic carbocycles. The molecule has 482 valence electrons. The normalized spacial score (nSPS) is 12.0. The molecular weight excluding hydrogens is 1300 g/mol. The summed E-state index contributed by atoms with van der Waals surface area (Å²) >= 11 is 1.75. The highest BCUT2D eigenvalue weighted by molar-refractivity contribution is 7.26. The molecule has 0 N–H and O–H groups in total. The van der Waals surface area contributed by atoms with E-state index in [1.165, 1.54) is 42.7 Å². The van der Waals surface area contributed by atoms with Gasteiger partial charge in [0.05, 0.1) is 54.9 Å². The van der Waals surface area contributed by atoms with E-state index < -0.39 is 0 Å². The van der Waals surface area contributed by atoms with Crippen molar-refractivity contribution in [3.05, 3.63) is 315 Å². The largest absolute Gasteiger partial charge is 0.456 e. The van der Waals surface area contributed by atoms with Crippen molar-refractivity contribution < 1.29 is 13.3 Å². The number of para-hydroxylation sites is 5. The summed E-state index contributed by atoms with van der Waals surface area (Å²) in [7, 11) is 0. The zero-order valence-electron chi connectivity index (χ0n) is 55.2. The number of fused-ring (bicyclic) bond motifs is 21. The lowest BCUT2D eigenvalue weighted by Crippen LogP contribution is -1.99. The van der Waals surface area contributed by atoms with E-state index in [-0.39, 0.29) is 0 Å². The van der Waals surface area contributed by atoms with Gasteiger partial charge in [-0.25, -0.2) is 19.9 Å². The van der Waals surface area contributed by atoms with Gasteiger partial charge in [-0.2, -0.15) is 5.26 Å². The molecule has 8 aromatic heterocycles. The lowest BCUT2D eigenvalue weighted by Gasteiger charge is -2.14. The third kappa shape index (κ3) is 8.80. The predicted molar refractivity (Wildman–Crippen MR) is 426 cm³/mol. The number of nitriles is 1. The Morgan fingerprint density at radius 1 is 0.298 bits per heavy atom. The SMILES string of the molecule is N#Cc1cc(-c2nc(-c3ccc4c(c3)oc3ccccc34)c3oc4ccccc4c3n2)ccc1-n1c2ccccc2c2cc3ccccc3cc21.c1ccc2cc3c(cc2c1)c1ccccc1n3-c1cccc2c(-c3nc(-c4ccc5c(c4)oc4ccccc45)c4sc5ccccc5c4n3)cccc12. The number of furan rings is 3. The van der Waals surface area contributed by atoms with Gasteiger partial charge in [0, 0.05) is 86.2 Å². The van der Waals surface area contributed by atoms with Crippen molar-refractivity contribution in [1.29, 1.82) is 5.26 Å². The third-order valence-corrected chi connectivity index (χ3v) is 22.0. The molecular formula is C93H51N7O3S. The highest BCUT2D eigenvalue weighted by Crippen LogP contribution is 2.46. The highest BCUT2D eigenvalue weighted by atomic mass is 32.1. The first kappa shape index (κ1) is 57.8. The monoisotopic (exact) mass is 1350 g/mol. The van der Waals surface area contributed by atoms with Gasteiger partial charge in [-0.3, -0.25) is 0 Å². The van der Waals surface area contributed by atoms with Crippen LogP contribution >= 0.6 is 11.3 Å². The summed E-state index contributed by atoms with van der Waals surface area (Å²) in [5.74, 6) is 1.21. The van der Waals surface area contributed by atoms with Crippen LogP contribution in [0, 0.1) is 11.3 Å². The Balaban J connectivity index is 0.000000131. The van der Waals surface area contributed by atoms with Crippen LogP contribution in [0.25, 0.3) is 219 Å². The maximum Gasteiger partial charge on any atom is 0.180 e. The Morgan fingerprint density at radius 2 is 0.779 bits per heavy atom. The Kier molecular flexibility index (Phi) is 12.5. The molecule has 104 heavy (non-hydrogen) atoms. The number of rotatable bonds is 6. The van der Waals surface area contributed by atoms with Gasteiger partial charge in [-0.15, -0.1) is 11.3 Å². The smallest absolute Gasteiger partial charge is 0.180 e. The van der Waals surface area contributed by atoms with Gasteiger partial charge < -0.3 is 22.4 Å². The van der Waals surface area contributed by atoms with Gasteiger partial charge >= 0.3 is 0 Å². The zero-order valence-corrected chi connectivity index (χ0v) is 56.0. The fourth-order valence-electron chi connectivity index (χ4n) is 16.0. The van der Waals surface area contributed by atoms with Crippen LogP contribution in [0.4, 0.5) is 0 Å². The lowest BCUT2D eigenvalue weighted by molar-refractivity contribution is 0.666. The first-order chi connectivity index (χ1) is 51.5. The number of benzene rings is 15. The van der Waals surface area contributed by atoms with Crippen molar-refractivity contribution in [2.24, 2.45) is 0 Å². The van der Waals surface area contributed by atoms with Crippen LogP contribution in [0.2, 0.25) is 0 Å². The van der Waals surface area contributed by atoms with E-state index >= 15 is 0 Å². The van der Waals surface area contributed by atoms with Gasteiger partial charge in [0.25, 0.3) is 0 Å². The molecule has 0 fully saturated rings. The molecule has 0 spiro atoms. The summed E-state index contributed by atoms with van der Waals surface area (Å²) in [6, 6.07) is 110. The lowest BCUT2D eigenvalue weighted by atomic mass is 10.0. The van der Waals surface area contributed by atoms with Crippen molar-refractivity contribution in [3.63, 3.8) is 0 Å². The number of hydrogen-bond donors (Lipinski definition) is 0. The second-order valence-corrected chi connectivity index (χ2v) is 27.7. The van der Waals surface area contributed by atoms with Gasteiger partial charge in [-0.05, 0) is 142 Å². The number of thiophene rings is 1. The maximum atomic E-state index is 10.6. The highest BCUT2D eigenvalue weighted by Gasteiger charge is 2.25. The fourth-order valence-corrected chi connectivity index (χ4v) is 17.2. The number of hydrogen-bond acceptors (Lipinski definition) is 9. The van der Waals surface area contributed by atoms with E-state index in [2.05, 4.69) is 240 Å². The second-order valence-electron chi connectivity index (χ2n) is 26.6. The fraction of sp³-hybridized carbons (Fsp3) is 0. The molecule has 23 aromatic rings. The zero-order chi connectivity index (χ0) is 68.3. The van der Waals surface area contributed by atoms with Crippen molar-refractivity contribution in [1.82, 2.24) is 29.1 Å². The minimum Gasteiger partial charge on any atom is -0.456 e. The molecule has 0 aliphatic rings. The molecule has 0 unspecified atom stereocenters. The quantitative estimate of drug-likeness (QED) is 0.161. The van der Waals surface area contributed by atoms with Crippen molar-refractivity contribution in [2.45, 2.75) is 0 Å². The number of nitrogens with zero attached hydrogens (tertiary/aromatic N) is 7. The van der Waals surface area contributed by atoms with Crippen LogP contribution in [0.5, 0.6) is 0 Å². The van der Waals surface area contributed by atoms with Crippen molar-refractivity contribution >= 4 is 174 Å². The van der Waals surface area contributed by atoms with Crippen LogP contribution in [0.3, 0.4) is 0 Å². The topological polar surface area (TPSA) is 125 Å². The van der Waals surface area contributed by atoms with Crippen molar-refractivity contribution in [2.75, 3.05) is 0 Å². The Bertz CT molecular complexity index is 7670. The molecule has 0 aliphatic heterocycles. The van der Waals surface area contributed by atoms with Gasteiger partial charge in [0.15, 0.2) is 17.2 Å². The summed E-state index contributed by atoms with van der Waals surface area (Å²) in [6.45, 7) is 0. The van der Waals surface area contributed by atoms with Crippen LogP contribution in [-0.4, -0.2) is 29.1 Å². The van der Waals surface area contributed by atoms with Gasteiger partial charge in [-0.1, -0.05) is 194 Å². The van der Waals surface area contributed by atoms with E-state index in [1.54, 1.807) is 11.3 Å². The minimum atomic E-state index is 0.505. The van der Waals surface area contributed by atoms with E-state index in [4.69, 9.17) is 33.2 Å². The minimum absolute atomic E-state index is 0.505. The Hall–Kier alpha value is -14.1. The molecule has 11 heteroatoms. The van der Waals surface area contributed by atoms with E-state index in [0.717, 1.165) is 148 Å². The third-order valence-electron chi connectivity index (χ3n) is 20.8. The van der Waals surface area contributed by atoms with Gasteiger partial charge in [0.2, 0.25) is 0 Å². The van der Waals surface area contributed by atoms with Crippen LogP contribution in [0.1, 0.15) is 5.56 Å². The molecule has 8 heterocycles. The summed E-state index contributed by atoms with van der Waals surface area (Å²) in [5.41, 5.74) is 18.4. The summed E-state index contributed by atoms with van der Waals surface area (Å²) in [4.78, 5) is 21.0. The molecule has 0 bridgehead atoms. The average molecular weight is 1350 g/mol. The van der Waals surface area contributed by atoms with Crippen LogP contribution in [-0.2, 0) is 0 Å². The molecule has 0 radical (unpaired) electrons. The summed E-state index contributed by atoms with van der Waals surface area (Å²) in [6.07, 6.45) is 0. The predicted octanol–water partition coefficient (Wildman–Crippen LogP) is 25.2. The molecule has 0 atom stereocenters. The maximum absolute atomic E-state index is 10.6.